The lowest BCUT2D eigenvalue weighted by molar-refractivity contribution is -0.130. The molecule has 54 heavy (non-hydrogen) atoms. The average molecular weight is 742 g/mol. The lowest BCUT2D eigenvalue weighted by atomic mass is 10.0. The summed E-state index contributed by atoms with van der Waals surface area (Å²) in [6.45, 7) is 4.64. The van der Waals surface area contributed by atoms with Gasteiger partial charge in [-0.25, -0.2) is 9.97 Å². The van der Waals surface area contributed by atoms with E-state index in [1.54, 1.807) is 23.6 Å². The van der Waals surface area contributed by atoms with Gasteiger partial charge in [-0.15, -0.1) is 0 Å². The largest absolute Gasteiger partial charge is 0.508 e. The third kappa shape index (κ3) is 9.96. The van der Waals surface area contributed by atoms with Gasteiger partial charge in [0.2, 0.25) is 17.2 Å². The number of hydrogen-bond donors (Lipinski definition) is 7. The number of nitrogens with one attached hydrogen (secondary N) is 4. The van der Waals surface area contributed by atoms with Crippen LogP contribution >= 0.6 is 0 Å². The number of ether oxygens (including phenoxy) is 1. The third-order valence-corrected chi connectivity index (χ3v) is 9.04. The second-order valence-electron chi connectivity index (χ2n) is 13.3. The van der Waals surface area contributed by atoms with Crippen molar-refractivity contribution in [3.63, 3.8) is 0 Å². The molecule has 1 aliphatic rings. The summed E-state index contributed by atoms with van der Waals surface area (Å²) in [6.07, 6.45) is 5.02. The average Bonchev–Trinajstić information content (AvgIpc) is 3.14. The van der Waals surface area contributed by atoms with Crippen molar-refractivity contribution in [3.05, 3.63) is 87.5 Å². The van der Waals surface area contributed by atoms with Crippen LogP contribution in [-0.4, -0.2) is 81.1 Å². The molecule has 3 atom stereocenters. The Labute approximate surface area is 312 Å². The molecule has 0 unspecified atom stereocenters. The topological polar surface area (TPSA) is 246 Å². The molecule has 3 heterocycles. The zero-order valence-corrected chi connectivity index (χ0v) is 30.4. The maximum absolute atomic E-state index is 14.1. The summed E-state index contributed by atoms with van der Waals surface area (Å²) in [5.74, 6) is -1.98. The Morgan fingerprint density at radius 1 is 1.00 bits per heavy atom. The van der Waals surface area contributed by atoms with E-state index in [1.165, 1.54) is 42.7 Å². The molecule has 1 aliphatic heterocycles. The molecule has 9 N–H and O–H groups in total. The van der Waals surface area contributed by atoms with Crippen molar-refractivity contribution < 1.29 is 29.0 Å². The lowest BCUT2D eigenvalue weighted by Gasteiger charge is -2.26. The minimum Gasteiger partial charge on any atom is -0.508 e. The molecule has 0 spiro atoms. The molecule has 5 rings (SSSR count). The molecule has 0 saturated carbocycles. The van der Waals surface area contributed by atoms with Crippen molar-refractivity contribution in [2.75, 3.05) is 25.0 Å². The Morgan fingerprint density at radius 2 is 1.78 bits per heavy atom. The van der Waals surface area contributed by atoms with Gasteiger partial charge in [0.05, 0.1) is 17.3 Å². The van der Waals surface area contributed by atoms with E-state index in [9.17, 15) is 29.1 Å². The monoisotopic (exact) mass is 741 g/mol. The number of rotatable bonds is 11. The number of phenolic OH excluding ortho intramolecular Hbond substituents is 1. The molecule has 0 fully saturated rings. The number of amides is 4. The van der Waals surface area contributed by atoms with Crippen LogP contribution in [0.1, 0.15) is 71.0 Å². The smallest absolute Gasteiger partial charge is 0.261 e. The number of nitrogens with zero attached hydrogens (tertiary/aromatic N) is 3. The Bertz CT molecular complexity index is 2050. The highest BCUT2D eigenvalue weighted by Gasteiger charge is 2.28. The number of phenols is 1. The molecular formula is C38H47N9O7. The van der Waals surface area contributed by atoms with E-state index in [0.29, 0.717) is 43.7 Å². The van der Waals surface area contributed by atoms with E-state index in [0.717, 1.165) is 5.56 Å². The van der Waals surface area contributed by atoms with Crippen molar-refractivity contribution in [1.29, 1.82) is 0 Å². The van der Waals surface area contributed by atoms with E-state index < -0.39 is 47.2 Å². The Balaban J connectivity index is 1.50. The van der Waals surface area contributed by atoms with Crippen molar-refractivity contribution in [2.45, 2.75) is 77.0 Å². The second kappa shape index (κ2) is 18.3. The van der Waals surface area contributed by atoms with Crippen LogP contribution in [0.25, 0.3) is 11.2 Å². The highest BCUT2D eigenvalue weighted by Crippen LogP contribution is 2.25. The van der Waals surface area contributed by atoms with Crippen LogP contribution in [0.4, 0.5) is 5.69 Å². The molecule has 286 valence electrons. The number of aryl methyl sites for hydroxylation is 2. The van der Waals surface area contributed by atoms with Gasteiger partial charge in [0.25, 0.3) is 11.8 Å². The van der Waals surface area contributed by atoms with Crippen molar-refractivity contribution in [3.8, 4) is 11.5 Å². The summed E-state index contributed by atoms with van der Waals surface area (Å²) in [4.78, 5) is 76.6. The van der Waals surface area contributed by atoms with Crippen molar-refractivity contribution in [2.24, 2.45) is 11.5 Å². The standard InChI is InChI=1S/C38H47N9O7/c1-3-47-20-29(34(50)33-35(47)42-22(2)19-41-33)37(52)43-24-9-12-31-28(17-24)36(51)45-26(16-23-7-10-27(48)11-8-23)18-32(49)46-30(13-15-40)38(53)44-25(21-54-31)6-4-5-14-39/h7-12,17,19-20,25-26,30,48H,3-6,13-16,18,21,39-40H2,1-2H3,(H,43,52)(H,44,53)(H,45,51)(H,46,49)/t25-,26-,30+/m1/s1. The van der Waals surface area contributed by atoms with Gasteiger partial charge < -0.3 is 47.1 Å². The van der Waals surface area contributed by atoms with Crippen molar-refractivity contribution in [1.82, 2.24) is 30.5 Å². The normalized spacial score (nSPS) is 18.1. The van der Waals surface area contributed by atoms with Crippen LogP contribution in [0.5, 0.6) is 11.5 Å². The molecule has 0 aliphatic carbocycles. The fourth-order valence-electron chi connectivity index (χ4n) is 6.23. The number of aromatic hydroxyl groups is 1. The maximum atomic E-state index is 14.1. The molecule has 2 aromatic heterocycles. The number of benzene rings is 2. The van der Waals surface area contributed by atoms with Crippen LogP contribution in [0.3, 0.4) is 0 Å². The SMILES string of the molecule is CCn1cc(C(=O)Nc2ccc3c(c2)C(=O)N[C@H](Cc2ccc(O)cc2)CC(=O)N[C@@H](CCN)C(=O)N[C@H](CCCCN)CO3)c(=O)c2ncc(C)nc21. The van der Waals surface area contributed by atoms with Crippen LogP contribution < -0.4 is 42.9 Å². The molecule has 0 bridgehead atoms. The van der Waals surface area contributed by atoms with Gasteiger partial charge in [0.1, 0.15) is 29.7 Å². The number of anilines is 1. The number of carbonyl (C=O) groups is 4. The number of nitrogens with two attached hydrogens (primary N) is 2. The first-order valence-electron chi connectivity index (χ1n) is 18.0. The van der Waals surface area contributed by atoms with E-state index >= 15 is 0 Å². The minimum absolute atomic E-state index is 0.0172. The molecular weight excluding hydrogens is 694 g/mol. The number of carbonyl (C=O) groups excluding carboxylic acids is 4. The van der Waals surface area contributed by atoms with E-state index in [4.69, 9.17) is 16.2 Å². The number of fused-ring (bicyclic) bond motifs is 2. The van der Waals surface area contributed by atoms with Crippen LogP contribution in [0.2, 0.25) is 0 Å². The first-order valence-corrected chi connectivity index (χ1v) is 18.0. The number of unbranched alkanes of at least 4 members (excludes halogenated alkanes) is 1. The fraction of sp³-hybridized carbons (Fsp3) is 0.395. The van der Waals surface area contributed by atoms with Gasteiger partial charge in [0.15, 0.2) is 11.2 Å². The molecule has 4 amide bonds. The number of pyridine rings is 1. The minimum atomic E-state index is -0.911. The zero-order valence-electron chi connectivity index (χ0n) is 30.4. The van der Waals surface area contributed by atoms with Gasteiger partial charge in [-0.3, -0.25) is 24.0 Å². The molecule has 2 aromatic carbocycles. The molecule has 0 saturated heterocycles. The first-order chi connectivity index (χ1) is 26.0. The predicted molar refractivity (Wildman–Crippen MR) is 202 cm³/mol. The Morgan fingerprint density at radius 3 is 2.50 bits per heavy atom. The summed E-state index contributed by atoms with van der Waals surface area (Å²) in [5, 5.41) is 21.2. The molecule has 4 aromatic rings. The van der Waals surface area contributed by atoms with Crippen LogP contribution in [-0.2, 0) is 22.6 Å². The maximum Gasteiger partial charge on any atom is 0.261 e. The van der Waals surface area contributed by atoms with E-state index in [2.05, 4.69) is 31.2 Å². The fourth-order valence-corrected chi connectivity index (χ4v) is 6.23. The summed E-state index contributed by atoms with van der Waals surface area (Å²) >= 11 is 0. The van der Waals surface area contributed by atoms with E-state index in [1.807, 2.05) is 6.92 Å². The first kappa shape index (κ1) is 39.3. The van der Waals surface area contributed by atoms with Crippen LogP contribution in [0.15, 0.2) is 59.7 Å². The van der Waals surface area contributed by atoms with Crippen LogP contribution in [0, 0.1) is 6.92 Å². The highest BCUT2D eigenvalue weighted by molar-refractivity contribution is 6.06. The molecule has 16 nitrogen and oxygen atoms in total. The zero-order chi connectivity index (χ0) is 38.8. The summed E-state index contributed by atoms with van der Waals surface area (Å²) in [6, 6.07) is 8.67. The summed E-state index contributed by atoms with van der Waals surface area (Å²) in [7, 11) is 0. The lowest BCUT2D eigenvalue weighted by Crippen LogP contribution is -2.53. The van der Waals surface area contributed by atoms with Gasteiger partial charge in [-0.05, 0) is 88.5 Å². The van der Waals surface area contributed by atoms with Gasteiger partial charge >= 0.3 is 0 Å². The molecule has 16 heteroatoms. The number of aromatic nitrogens is 3. The highest BCUT2D eigenvalue weighted by atomic mass is 16.5. The molecule has 0 radical (unpaired) electrons. The van der Waals surface area contributed by atoms with E-state index in [-0.39, 0.29) is 66.2 Å². The summed E-state index contributed by atoms with van der Waals surface area (Å²) in [5.41, 5.74) is 12.8. The van der Waals surface area contributed by atoms with Gasteiger partial charge in [-0.1, -0.05) is 18.6 Å². The quantitative estimate of drug-likeness (QED) is 0.109. The van der Waals surface area contributed by atoms with Gasteiger partial charge in [-0.2, -0.15) is 0 Å². The van der Waals surface area contributed by atoms with Crippen molar-refractivity contribution >= 4 is 40.5 Å². The third-order valence-electron chi connectivity index (χ3n) is 9.04. The second-order valence-corrected chi connectivity index (χ2v) is 13.3. The Hall–Kier alpha value is -5.87. The Kier molecular flexibility index (Phi) is 13.3. The summed E-state index contributed by atoms with van der Waals surface area (Å²) < 4.78 is 7.87. The number of hydrogen-bond acceptors (Lipinski definition) is 11. The predicted octanol–water partition coefficient (Wildman–Crippen LogP) is 1.65. The van der Waals surface area contributed by atoms with Gasteiger partial charge in [0, 0.05) is 37.1 Å².